The first-order valence-electron chi connectivity index (χ1n) is 5.97. The zero-order valence-corrected chi connectivity index (χ0v) is 12.5. The summed E-state index contributed by atoms with van der Waals surface area (Å²) < 4.78 is 40.2. The minimum Gasteiger partial charge on any atom is -0.452 e. The van der Waals surface area contributed by atoms with Gasteiger partial charge >= 0.3 is 12.1 Å². The number of nitro groups is 1. The maximum atomic E-state index is 11.9. The lowest BCUT2D eigenvalue weighted by atomic mass is 10.2. The number of hydrogen-bond donors (Lipinski definition) is 1. The molecule has 1 amide bonds. The van der Waals surface area contributed by atoms with Gasteiger partial charge in [0.1, 0.15) is 6.54 Å². The molecular weight excluding hydrogens is 341 g/mol. The van der Waals surface area contributed by atoms with Crippen LogP contribution >= 0.6 is 11.8 Å². The highest BCUT2D eigenvalue weighted by molar-refractivity contribution is 7.98. The van der Waals surface area contributed by atoms with Crippen LogP contribution in [0, 0.1) is 10.1 Å². The molecule has 1 aromatic carbocycles. The minimum atomic E-state index is -4.58. The Kier molecular flexibility index (Phi) is 6.37. The van der Waals surface area contributed by atoms with Crippen LogP contribution in [-0.4, -0.2) is 42.4 Å². The van der Waals surface area contributed by atoms with E-state index in [1.165, 1.54) is 17.4 Å². The summed E-state index contributed by atoms with van der Waals surface area (Å²) in [7, 11) is 0. The van der Waals surface area contributed by atoms with Gasteiger partial charge in [0.25, 0.3) is 11.6 Å². The van der Waals surface area contributed by atoms with E-state index in [0.717, 1.165) is 17.8 Å². The molecule has 0 aliphatic rings. The number of carbonyl (C=O) groups excluding carboxylic acids is 2. The van der Waals surface area contributed by atoms with Gasteiger partial charge in [0.05, 0.1) is 15.4 Å². The molecule has 0 heterocycles. The average molecular weight is 352 g/mol. The molecule has 0 bridgehead atoms. The number of nitro benzene ring substituents is 1. The Morgan fingerprint density at radius 1 is 1.39 bits per heavy atom. The van der Waals surface area contributed by atoms with Gasteiger partial charge < -0.3 is 10.1 Å². The molecule has 0 fully saturated rings. The predicted octanol–water partition coefficient (Wildman–Crippen LogP) is 2.15. The second-order valence-electron chi connectivity index (χ2n) is 4.11. The third-order valence-electron chi connectivity index (χ3n) is 2.43. The zero-order chi connectivity index (χ0) is 17.6. The fraction of sp³-hybridized carbons (Fsp3) is 0.333. The normalized spacial score (nSPS) is 11.0. The number of alkyl halides is 3. The second kappa shape index (κ2) is 7.81. The number of amides is 1. The van der Waals surface area contributed by atoms with Crippen molar-refractivity contribution in [3.05, 3.63) is 33.9 Å². The second-order valence-corrected chi connectivity index (χ2v) is 4.96. The Hall–Kier alpha value is -2.30. The summed E-state index contributed by atoms with van der Waals surface area (Å²) in [4.78, 5) is 33.3. The van der Waals surface area contributed by atoms with Gasteiger partial charge in [0, 0.05) is 6.07 Å². The summed E-state index contributed by atoms with van der Waals surface area (Å²) in [6.07, 6.45) is -2.96. The van der Waals surface area contributed by atoms with Gasteiger partial charge in [0.2, 0.25) is 0 Å². The molecule has 1 aromatic rings. The number of hydrogen-bond acceptors (Lipinski definition) is 6. The standard InChI is InChI=1S/C12H11F3N2O5S/c1-23-9-3-2-7(4-8(9)17(20)21)11(19)22-5-10(18)16-6-12(13,14)15/h2-4H,5-6H2,1H3,(H,16,18). The molecule has 0 saturated carbocycles. The number of halogens is 3. The summed E-state index contributed by atoms with van der Waals surface area (Å²) in [6, 6.07) is 3.57. The van der Waals surface area contributed by atoms with E-state index in [4.69, 9.17) is 0 Å². The molecule has 7 nitrogen and oxygen atoms in total. The maximum absolute atomic E-state index is 11.9. The lowest BCUT2D eigenvalue weighted by Gasteiger charge is -2.09. The lowest BCUT2D eigenvalue weighted by molar-refractivity contribution is -0.387. The predicted molar refractivity (Wildman–Crippen MR) is 74.2 cm³/mol. The van der Waals surface area contributed by atoms with E-state index < -0.39 is 36.1 Å². The van der Waals surface area contributed by atoms with Crippen molar-refractivity contribution < 1.29 is 32.4 Å². The van der Waals surface area contributed by atoms with Crippen LogP contribution in [0.5, 0.6) is 0 Å². The van der Waals surface area contributed by atoms with Crippen LogP contribution in [0.2, 0.25) is 0 Å². The van der Waals surface area contributed by atoms with Crippen LogP contribution in [0.15, 0.2) is 23.1 Å². The van der Waals surface area contributed by atoms with Crippen LogP contribution < -0.4 is 5.32 Å². The SMILES string of the molecule is CSc1ccc(C(=O)OCC(=O)NCC(F)(F)F)cc1[N+](=O)[O-]. The summed E-state index contributed by atoms with van der Waals surface area (Å²) in [5, 5.41) is 12.4. The molecular formula is C12H11F3N2O5S. The van der Waals surface area contributed by atoms with Gasteiger partial charge in [0.15, 0.2) is 6.61 Å². The Balaban J connectivity index is 2.67. The van der Waals surface area contributed by atoms with Gasteiger partial charge in [-0.2, -0.15) is 13.2 Å². The molecule has 126 valence electrons. The van der Waals surface area contributed by atoms with Crippen molar-refractivity contribution >= 4 is 29.3 Å². The van der Waals surface area contributed by atoms with Gasteiger partial charge in [-0.25, -0.2) is 4.79 Å². The quantitative estimate of drug-likeness (QED) is 0.365. The molecule has 1 rings (SSSR count). The first-order chi connectivity index (χ1) is 10.6. The van der Waals surface area contributed by atoms with E-state index in [2.05, 4.69) is 4.74 Å². The lowest BCUT2D eigenvalue weighted by Crippen LogP contribution is -2.36. The zero-order valence-electron chi connectivity index (χ0n) is 11.7. The van der Waals surface area contributed by atoms with Gasteiger partial charge in [-0.3, -0.25) is 14.9 Å². The monoisotopic (exact) mass is 352 g/mol. The summed E-state index contributed by atoms with van der Waals surface area (Å²) >= 11 is 1.11. The minimum absolute atomic E-state index is 0.182. The average Bonchev–Trinajstić information content (AvgIpc) is 2.49. The Bertz CT molecular complexity index is 621. The number of carbonyl (C=O) groups is 2. The van der Waals surface area contributed by atoms with E-state index in [9.17, 15) is 32.9 Å². The first kappa shape index (κ1) is 18.7. The molecule has 11 heteroatoms. The fourth-order valence-corrected chi connectivity index (χ4v) is 1.97. The highest BCUT2D eigenvalue weighted by Crippen LogP contribution is 2.28. The van der Waals surface area contributed by atoms with Crippen LogP contribution in [0.3, 0.4) is 0 Å². The van der Waals surface area contributed by atoms with Crippen molar-refractivity contribution in [2.45, 2.75) is 11.1 Å². The number of rotatable bonds is 6. The Morgan fingerprint density at radius 3 is 2.57 bits per heavy atom. The van der Waals surface area contributed by atoms with E-state index >= 15 is 0 Å². The number of esters is 1. The van der Waals surface area contributed by atoms with Crippen LogP contribution in [-0.2, 0) is 9.53 Å². The van der Waals surface area contributed by atoms with Crippen LogP contribution in [0.1, 0.15) is 10.4 Å². The molecule has 0 aromatic heterocycles. The summed E-state index contributed by atoms with van der Waals surface area (Å²) in [5.74, 6) is -2.19. The summed E-state index contributed by atoms with van der Waals surface area (Å²) in [6.45, 7) is -2.47. The molecule has 0 aliphatic carbocycles. The molecule has 0 saturated heterocycles. The van der Waals surface area contributed by atoms with E-state index in [0.29, 0.717) is 4.90 Å². The molecule has 1 N–H and O–H groups in total. The molecule has 0 unspecified atom stereocenters. The Labute approximate surface area is 132 Å². The number of nitrogens with zero attached hydrogens (tertiary/aromatic N) is 1. The topological polar surface area (TPSA) is 98.5 Å². The Morgan fingerprint density at radius 2 is 2.04 bits per heavy atom. The molecule has 0 spiro atoms. The van der Waals surface area contributed by atoms with Gasteiger partial charge in [-0.1, -0.05) is 0 Å². The molecule has 0 aliphatic heterocycles. The van der Waals surface area contributed by atoms with Gasteiger partial charge in [-0.05, 0) is 18.4 Å². The fourth-order valence-electron chi connectivity index (χ4n) is 1.42. The molecule has 0 atom stereocenters. The third-order valence-corrected chi connectivity index (χ3v) is 3.22. The van der Waals surface area contributed by atoms with Crippen LogP contribution in [0.25, 0.3) is 0 Å². The van der Waals surface area contributed by atoms with E-state index in [-0.39, 0.29) is 11.3 Å². The highest BCUT2D eigenvalue weighted by atomic mass is 32.2. The highest BCUT2D eigenvalue weighted by Gasteiger charge is 2.28. The number of ether oxygens (including phenoxy) is 1. The van der Waals surface area contributed by atoms with Crippen LogP contribution in [0.4, 0.5) is 18.9 Å². The third kappa shape index (κ3) is 6.14. The first-order valence-corrected chi connectivity index (χ1v) is 7.19. The van der Waals surface area contributed by atoms with Crippen molar-refractivity contribution in [2.75, 3.05) is 19.4 Å². The van der Waals surface area contributed by atoms with Crippen molar-refractivity contribution in [3.63, 3.8) is 0 Å². The number of benzene rings is 1. The smallest absolute Gasteiger partial charge is 0.405 e. The summed E-state index contributed by atoms with van der Waals surface area (Å²) in [5.41, 5.74) is -0.494. The van der Waals surface area contributed by atoms with E-state index in [1.807, 2.05) is 0 Å². The van der Waals surface area contributed by atoms with Crippen molar-refractivity contribution in [3.8, 4) is 0 Å². The van der Waals surface area contributed by atoms with Gasteiger partial charge in [-0.15, -0.1) is 11.8 Å². The van der Waals surface area contributed by atoms with Crippen molar-refractivity contribution in [1.82, 2.24) is 5.32 Å². The molecule has 23 heavy (non-hydrogen) atoms. The maximum Gasteiger partial charge on any atom is 0.405 e. The molecule has 0 radical (unpaired) electrons. The van der Waals surface area contributed by atoms with Crippen molar-refractivity contribution in [2.24, 2.45) is 0 Å². The number of thioether (sulfide) groups is 1. The number of nitrogens with one attached hydrogen (secondary N) is 1. The van der Waals surface area contributed by atoms with E-state index in [1.54, 1.807) is 6.26 Å². The largest absolute Gasteiger partial charge is 0.452 e. The van der Waals surface area contributed by atoms with Crippen molar-refractivity contribution in [1.29, 1.82) is 0 Å².